The van der Waals surface area contributed by atoms with Gasteiger partial charge in [0.25, 0.3) is 0 Å². The van der Waals surface area contributed by atoms with E-state index in [2.05, 4.69) is 0 Å². The molecule has 1 aromatic rings. The highest BCUT2D eigenvalue weighted by Crippen LogP contribution is 2.11. The summed E-state index contributed by atoms with van der Waals surface area (Å²) in [5.41, 5.74) is 0.699. The second-order valence-corrected chi connectivity index (χ2v) is 5.98. The van der Waals surface area contributed by atoms with Gasteiger partial charge in [0, 0.05) is 6.08 Å². The van der Waals surface area contributed by atoms with Gasteiger partial charge in [0.05, 0.1) is 12.2 Å². The quantitative estimate of drug-likeness (QED) is 0.453. The van der Waals surface area contributed by atoms with E-state index in [1.54, 1.807) is 24.3 Å². The molecule has 0 unspecified atom stereocenters. The number of rotatable bonds is 6. The van der Waals surface area contributed by atoms with Crippen LogP contribution in [0.25, 0.3) is 6.08 Å². The van der Waals surface area contributed by atoms with Gasteiger partial charge < -0.3 is 9.47 Å². The summed E-state index contributed by atoms with van der Waals surface area (Å²) in [4.78, 5) is 23.5. The van der Waals surface area contributed by atoms with Crippen molar-refractivity contribution in [3.8, 4) is 0 Å². The molecule has 0 saturated carbocycles. The third-order valence-corrected chi connectivity index (χ3v) is 2.67. The Morgan fingerprint density at radius 3 is 2.59 bits per heavy atom. The van der Waals surface area contributed by atoms with E-state index >= 15 is 0 Å². The minimum atomic E-state index is -0.521. The van der Waals surface area contributed by atoms with Gasteiger partial charge in [-0.1, -0.05) is 25.5 Å². The molecule has 0 heterocycles. The maximum atomic E-state index is 11.9. The average molecular weight is 304 g/mol. The number of carbonyl (C=O) groups is 2. The lowest BCUT2D eigenvalue weighted by atomic mass is 10.1. The van der Waals surface area contributed by atoms with Gasteiger partial charge in [-0.3, -0.25) is 0 Å². The zero-order valence-corrected chi connectivity index (χ0v) is 13.7. The summed E-state index contributed by atoms with van der Waals surface area (Å²) in [6.45, 7) is 7.90. The number of unbranched alkanes of at least 4 members (excludes halogenated alkanes) is 1. The first-order valence-corrected chi connectivity index (χ1v) is 7.50. The molecule has 0 fully saturated rings. The van der Waals surface area contributed by atoms with Crippen molar-refractivity contribution in [1.29, 1.82) is 0 Å². The Morgan fingerprint density at radius 1 is 1.23 bits per heavy atom. The Bertz CT molecular complexity index is 538. The molecule has 22 heavy (non-hydrogen) atoms. The van der Waals surface area contributed by atoms with E-state index in [0.717, 1.165) is 18.4 Å². The molecular weight excluding hydrogens is 280 g/mol. The van der Waals surface area contributed by atoms with Crippen LogP contribution in [0.5, 0.6) is 0 Å². The summed E-state index contributed by atoms with van der Waals surface area (Å²) in [6, 6.07) is 6.95. The summed E-state index contributed by atoms with van der Waals surface area (Å²) in [6.07, 6.45) is 4.81. The molecule has 0 aliphatic heterocycles. The highest BCUT2D eigenvalue weighted by Gasteiger charge is 2.14. The lowest BCUT2D eigenvalue weighted by Crippen LogP contribution is -2.22. The van der Waals surface area contributed by atoms with Crippen LogP contribution in [0.1, 0.15) is 56.5 Å². The normalized spacial score (nSPS) is 11.5. The van der Waals surface area contributed by atoms with Crippen molar-refractivity contribution in [1.82, 2.24) is 0 Å². The second-order valence-electron chi connectivity index (χ2n) is 5.98. The van der Waals surface area contributed by atoms with Crippen molar-refractivity contribution in [3.05, 3.63) is 41.5 Å². The Hall–Kier alpha value is -2.10. The van der Waals surface area contributed by atoms with Crippen LogP contribution in [0.4, 0.5) is 0 Å². The van der Waals surface area contributed by atoms with E-state index < -0.39 is 11.6 Å². The van der Waals surface area contributed by atoms with Gasteiger partial charge in [-0.25, -0.2) is 9.59 Å². The van der Waals surface area contributed by atoms with Gasteiger partial charge in [-0.05, 0) is 51.0 Å². The van der Waals surface area contributed by atoms with Crippen molar-refractivity contribution in [2.75, 3.05) is 6.61 Å². The zero-order valence-electron chi connectivity index (χ0n) is 13.7. The Balaban J connectivity index is 2.68. The minimum absolute atomic E-state index is 0.346. The summed E-state index contributed by atoms with van der Waals surface area (Å²) in [5, 5.41) is 0. The van der Waals surface area contributed by atoms with Gasteiger partial charge in [-0.15, -0.1) is 0 Å². The zero-order chi connectivity index (χ0) is 16.6. The third-order valence-electron chi connectivity index (χ3n) is 2.67. The first-order valence-electron chi connectivity index (χ1n) is 7.50. The molecule has 0 atom stereocenters. The minimum Gasteiger partial charge on any atom is -0.462 e. The van der Waals surface area contributed by atoms with Gasteiger partial charge >= 0.3 is 11.9 Å². The Morgan fingerprint density at radius 2 is 1.95 bits per heavy atom. The highest BCUT2D eigenvalue weighted by molar-refractivity contribution is 5.91. The molecule has 0 saturated heterocycles. The molecule has 4 heteroatoms. The van der Waals surface area contributed by atoms with E-state index in [0.29, 0.717) is 12.2 Å². The summed E-state index contributed by atoms with van der Waals surface area (Å²) in [7, 11) is 0. The average Bonchev–Trinajstić information content (AvgIpc) is 2.44. The van der Waals surface area contributed by atoms with Gasteiger partial charge in [-0.2, -0.15) is 0 Å². The number of carbonyl (C=O) groups excluding carboxylic acids is 2. The van der Waals surface area contributed by atoms with Crippen LogP contribution in [-0.4, -0.2) is 24.1 Å². The van der Waals surface area contributed by atoms with Crippen LogP contribution in [0.15, 0.2) is 30.3 Å². The van der Waals surface area contributed by atoms with Crippen LogP contribution in [0.2, 0.25) is 0 Å². The molecular formula is C18H24O4. The molecule has 4 nitrogen and oxygen atoms in total. The topological polar surface area (TPSA) is 52.6 Å². The van der Waals surface area contributed by atoms with Crippen molar-refractivity contribution in [2.45, 2.75) is 46.1 Å². The summed E-state index contributed by atoms with van der Waals surface area (Å²) < 4.78 is 10.3. The van der Waals surface area contributed by atoms with Crippen LogP contribution < -0.4 is 0 Å². The highest BCUT2D eigenvalue weighted by atomic mass is 16.6. The number of hydrogen-bond donors (Lipinski definition) is 0. The van der Waals surface area contributed by atoms with Gasteiger partial charge in [0.15, 0.2) is 0 Å². The van der Waals surface area contributed by atoms with Crippen LogP contribution >= 0.6 is 0 Å². The third kappa shape index (κ3) is 7.07. The van der Waals surface area contributed by atoms with Crippen LogP contribution in [-0.2, 0) is 14.3 Å². The van der Waals surface area contributed by atoms with Crippen molar-refractivity contribution in [2.24, 2.45) is 0 Å². The van der Waals surface area contributed by atoms with Crippen molar-refractivity contribution >= 4 is 18.0 Å². The summed E-state index contributed by atoms with van der Waals surface area (Å²) in [5.74, 6) is -0.760. The lowest BCUT2D eigenvalue weighted by Gasteiger charge is -2.17. The predicted octanol–water partition coefficient (Wildman–Crippen LogP) is 4.00. The molecule has 0 radical (unpaired) electrons. The standard InChI is InChI=1S/C18H24O4/c1-5-6-12-21-17(20)15-9-7-8-14(13-15)10-11-16(19)22-18(2,3)4/h7-11,13H,5-6,12H2,1-4H3/b11-10+. The Labute approximate surface area is 132 Å². The van der Waals surface area contributed by atoms with Gasteiger partial charge in [0.2, 0.25) is 0 Å². The monoisotopic (exact) mass is 304 g/mol. The number of esters is 2. The number of ether oxygens (including phenoxy) is 2. The fourth-order valence-electron chi connectivity index (χ4n) is 1.66. The lowest BCUT2D eigenvalue weighted by molar-refractivity contribution is -0.148. The predicted molar refractivity (Wildman–Crippen MR) is 86.5 cm³/mol. The SMILES string of the molecule is CCCCOC(=O)c1cccc(/C=C/C(=O)OC(C)(C)C)c1. The Kier molecular flexibility index (Phi) is 6.83. The molecule has 0 aliphatic rings. The van der Waals surface area contributed by atoms with E-state index in [1.807, 2.05) is 33.8 Å². The molecule has 0 aliphatic carbocycles. The molecule has 0 spiro atoms. The first kappa shape index (κ1) is 18.0. The summed E-state index contributed by atoms with van der Waals surface area (Å²) >= 11 is 0. The molecule has 0 bridgehead atoms. The smallest absolute Gasteiger partial charge is 0.338 e. The maximum absolute atomic E-state index is 11.9. The van der Waals surface area contributed by atoms with E-state index in [4.69, 9.17) is 9.47 Å². The molecule has 0 amide bonds. The first-order chi connectivity index (χ1) is 10.3. The van der Waals surface area contributed by atoms with Crippen LogP contribution in [0.3, 0.4) is 0 Å². The largest absolute Gasteiger partial charge is 0.462 e. The van der Waals surface area contributed by atoms with E-state index in [9.17, 15) is 9.59 Å². The fraction of sp³-hybridized carbons (Fsp3) is 0.444. The second kappa shape index (κ2) is 8.37. The maximum Gasteiger partial charge on any atom is 0.338 e. The molecule has 0 aromatic heterocycles. The van der Waals surface area contributed by atoms with Crippen molar-refractivity contribution < 1.29 is 19.1 Å². The molecule has 1 aromatic carbocycles. The molecule has 1 rings (SSSR count). The van der Waals surface area contributed by atoms with E-state index in [-0.39, 0.29) is 5.97 Å². The molecule has 0 N–H and O–H groups in total. The molecule has 120 valence electrons. The fourth-order valence-corrected chi connectivity index (χ4v) is 1.66. The van der Waals surface area contributed by atoms with Gasteiger partial charge in [0.1, 0.15) is 5.60 Å². The van der Waals surface area contributed by atoms with Crippen LogP contribution in [0, 0.1) is 0 Å². The number of hydrogen-bond acceptors (Lipinski definition) is 4. The number of benzene rings is 1. The van der Waals surface area contributed by atoms with Crippen molar-refractivity contribution in [3.63, 3.8) is 0 Å². The van der Waals surface area contributed by atoms with E-state index in [1.165, 1.54) is 6.08 Å².